The molecule has 1 aliphatic rings. The van der Waals surface area contributed by atoms with Crippen LogP contribution in [0.25, 0.3) is 0 Å². The fourth-order valence-corrected chi connectivity index (χ4v) is 2.62. The highest BCUT2D eigenvalue weighted by molar-refractivity contribution is 6.30. The molecule has 3 rings (SSSR count). The van der Waals surface area contributed by atoms with Crippen LogP contribution in [0, 0.1) is 0 Å². The summed E-state index contributed by atoms with van der Waals surface area (Å²) >= 11 is 5.85. The third-order valence-electron chi connectivity index (χ3n) is 3.63. The average Bonchev–Trinajstić information content (AvgIpc) is 2.61. The maximum atomic E-state index is 11.1. The van der Waals surface area contributed by atoms with Gasteiger partial charge in [-0.25, -0.2) is 0 Å². The van der Waals surface area contributed by atoms with E-state index in [1.165, 1.54) is 17.7 Å². The number of rotatable bonds is 4. The Morgan fingerprint density at radius 2 is 2.00 bits per heavy atom. The number of halogens is 1. The summed E-state index contributed by atoms with van der Waals surface area (Å²) in [5.74, 6) is -0.0553. The highest BCUT2D eigenvalue weighted by Gasteiger charge is 2.07. The lowest BCUT2D eigenvalue weighted by atomic mass is 10.0. The number of fused-ring (bicyclic) bond motifs is 1. The zero-order valence-corrected chi connectivity index (χ0v) is 14.4. The molecule has 0 aromatic heterocycles. The van der Waals surface area contributed by atoms with Gasteiger partial charge in [0.05, 0.1) is 0 Å². The number of amides is 1. The van der Waals surface area contributed by atoms with Gasteiger partial charge in [0.1, 0.15) is 0 Å². The lowest BCUT2D eigenvalue weighted by Gasteiger charge is -2.17. The van der Waals surface area contributed by atoms with Gasteiger partial charge in [0, 0.05) is 36.0 Å². The van der Waals surface area contributed by atoms with Crippen LogP contribution in [0.2, 0.25) is 5.02 Å². The van der Waals surface area contributed by atoms with Gasteiger partial charge in [-0.05, 0) is 55.2 Å². The van der Waals surface area contributed by atoms with Crippen LogP contribution in [0.5, 0.6) is 0 Å². The minimum absolute atomic E-state index is 0.0553. The third-order valence-corrected chi connectivity index (χ3v) is 3.86. The summed E-state index contributed by atoms with van der Waals surface area (Å²) in [6, 6.07) is 15.3. The van der Waals surface area contributed by atoms with Crippen molar-refractivity contribution in [3.8, 4) is 0 Å². The zero-order valence-electron chi connectivity index (χ0n) is 13.6. The van der Waals surface area contributed by atoms with E-state index in [9.17, 15) is 4.79 Å². The standard InChI is InChI=1S/C10H13NO2.C9H10ClN/c12-8-4-7-10(13)11-9-5-2-1-3-6-9;10-8-3-4-9-7(6-8)2-1-5-11-9/h1-3,5-6,12H,4,7-8H2,(H,11,13);3-4,6,11H,1-2,5H2. The minimum Gasteiger partial charge on any atom is -0.396 e. The van der Waals surface area contributed by atoms with Crippen LogP contribution in [-0.4, -0.2) is 24.2 Å². The van der Waals surface area contributed by atoms with Gasteiger partial charge >= 0.3 is 0 Å². The fraction of sp³-hybridized carbons (Fsp3) is 0.316. The second-order valence-corrected chi connectivity index (χ2v) is 6.01. The van der Waals surface area contributed by atoms with Crippen molar-refractivity contribution in [1.29, 1.82) is 0 Å². The molecule has 5 heteroatoms. The molecule has 0 unspecified atom stereocenters. The second-order valence-electron chi connectivity index (χ2n) is 5.57. The summed E-state index contributed by atoms with van der Waals surface area (Å²) in [5.41, 5.74) is 3.40. The lowest BCUT2D eigenvalue weighted by Crippen LogP contribution is -2.11. The highest BCUT2D eigenvalue weighted by atomic mass is 35.5. The second kappa shape index (κ2) is 9.96. The number of aliphatic hydroxyl groups excluding tert-OH is 1. The Morgan fingerprint density at radius 1 is 1.21 bits per heavy atom. The largest absolute Gasteiger partial charge is 0.396 e. The first kappa shape index (κ1) is 18.3. The normalized spacial score (nSPS) is 12.2. The van der Waals surface area contributed by atoms with Crippen LogP contribution in [0.4, 0.5) is 11.4 Å². The van der Waals surface area contributed by atoms with Crippen molar-refractivity contribution >= 4 is 28.9 Å². The predicted molar refractivity (Wildman–Crippen MR) is 99.7 cm³/mol. The summed E-state index contributed by atoms with van der Waals surface area (Å²) in [6.45, 7) is 1.15. The smallest absolute Gasteiger partial charge is 0.224 e. The molecular formula is C19H23ClN2O2. The Morgan fingerprint density at radius 3 is 2.75 bits per heavy atom. The van der Waals surface area contributed by atoms with Gasteiger partial charge in [-0.15, -0.1) is 0 Å². The van der Waals surface area contributed by atoms with E-state index in [1.807, 2.05) is 42.5 Å². The van der Waals surface area contributed by atoms with Crippen molar-refractivity contribution in [2.75, 3.05) is 23.8 Å². The molecule has 0 radical (unpaired) electrons. The van der Waals surface area contributed by atoms with Gasteiger partial charge in [0.15, 0.2) is 0 Å². The van der Waals surface area contributed by atoms with Crippen molar-refractivity contribution in [3.63, 3.8) is 0 Å². The van der Waals surface area contributed by atoms with Crippen LogP contribution >= 0.6 is 11.6 Å². The molecule has 2 aromatic carbocycles. The van der Waals surface area contributed by atoms with E-state index in [0.29, 0.717) is 12.8 Å². The molecule has 0 fully saturated rings. The maximum absolute atomic E-state index is 11.1. The Kier molecular flexibility index (Phi) is 7.59. The monoisotopic (exact) mass is 346 g/mol. The molecule has 24 heavy (non-hydrogen) atoms. The van der Waals surface area contributed by atoms with E-state index in [2.05, 4.69) is 16.7 Å². The topological polar surface area (TPSA) is 61.4 Å². The minimum atomic E-state index is -0.0553. The molecule has 0 atom stereocenters. The van der Waals surface area contributed by atoms with Crippen LogP contribution in [-0.2, 0) is 11.2 Å². The number of nitrogens with one attached hydrogen (secondary N) is 2. The molecular weight excluding hydrogens is 324 g/mol. The number of aryl methyl sites for hydroxylation is 1. The Bertz CT molecular complexity index is 647. The van der Waals surface area contributed by atoms with Crippen LogP contribution < -0.4 is 10.6 Å². The molecule has 4 nitrogen and oxygen atoms in total. The molecule has 1 aliphatic heterocycles. The first-order valence-electron chi connectivity index (χ1n) is 8.17. The molecule has 2 aromatic rings. The summed E-state index contributed by atoms with van der Waals surface area (Å²) in [4.78, 5) is 11.1. The first-order valence-corrected chi connectivity index (χ1v) is 8.55. The Labute approximate surface area is 147 Å². The molecule has 0 bridgehead atoms. The van der Waals surface area contributed by atoms with Crippen molar-refractivity contribution < 1.29 is 9.90 Å². The number of hydrogen-bond acceptors (Lipinski definition) is 3. The molecule has 0 saturated heterocycles. The summed E-state index contributed by atoms with van der Waals surface area (Å²) in [6.07, 6.45) is 3.25. The van der Waals surface area contributed by atoms with Gasteiger partial charge in [-0.3, -0.25) is 4.79 Å². The van der Waals surface area contributed by atoms with E-state index in [1.54, 1.807) is 0 Å². The van der Waals surface area contributed by atoms with Gasteiger partial charge in [0.2, 0.25) is 5.91 Å². The molecule has 1 amide bonds. The zero-order chi connectivity index (χ0) is 17.2. The Balaban J connectivity index is 0.000000175. The van der Waals surface area contributed by atoms with Gasteiger partial charge < -0.3 is 15.7 Å². The number of aliphatic hydroxyl groups is 1. The van der Waals surface area contributed by atoms with E-state index in [0.717, 1.165) is 23.7 Å². The van der Waals surface area contributed by atoms with E-state index in [-0.39, 0.29) is 12.5 Å². The average molecular weight is 347 g/mol. The summed E-state index contributed by atoms with van der Waals surface area (Å²) in [7, 11) is 0. The summed E-state index contributed by atoms with van der Waals surface area (Å²) < 4.78 is 0. The van der Waals surface area contributed by atoms with Crippen molar-refractivity contribution in [2.45, 2.75) is 25.7 Å². The van der Waals surface area contributed by atoms with E-state index >= 15 is 0 Å². The van der Waals surface area contributed by atoms with Crippen LogP contribution in [0.3, 0.4) is 0 Å². The van der Waals surface area contributed by atoms with Crippen LogP contribution in [0.1, 0.15) is 24.8 Å². The molecule has 1 heterocycles. The lowest BCUT2D eigenvalue weighted by molar-refractivity contribution is -0.116. The predicted octanol–water partition coefficient (Wildman–Crippen LogP) is 4.10. The fourth-order valence-electron chi connectivity index (χ4n) is 2.43. The molecule has 3 N–H and O–H groups in total. The SMILES string of the molecule is Clc1ccc2c(c1)CCCN2.O=C(CCCO)Nc1ccccc1. The Hall–Kier alpha value is -2.04. The van der Waals surface area contributed by atoms with Gasteiger partial charge in [-0.1, -0.05) is 29.8 Å². The number of hydrogen-bond donors (Lipinski definition) is 3. The quantitative estimate of drug-likeness (QED) is 0.781. The van der Waals surface area contributed by atoms with E-state index < -0.39 is 0 Å². The molecule has 0 spiro atoms. The number of benzene rings is 2. The molecule has 0 saturated carbocycles. The van der Waals surface area contributed by atoms with Gasteiger partial charge in [0.25, 0.3) is 0 Å². The number of anilines is 2. The number of para-hydroxylation sites is 1. The maximum Gasteiger partial charge on any atom is 0.224 e. The van der Waals surface area contributed by atoms with Crippen LogP contribution in [0.15, 0.2) is 48.5 Å². The molecule has 0 aliphatic carbocycles. The highest BCUT2D eigenvalue weighted by Crippen LogP contribution is 2.24. The molecule has 128 valence electrons. The first-order chi connectivity index (χ1) is 11.7. The van der Waals surface area contributed by atoms with Gasteiger partial charge in [-0.2, -0.15) is 0 Å². The van der Waals surface area contributed by atoms with Crippen molar-refractivity contribution in [2.24, 2.45) is 0 Å². The summed E-state index contributed by atoms with van der Waals surface area (Å²) in [5, 5.41) is 15.4. The van der Waals surface area contributed by atoms with E-state index in [4.69, 9.17) is 16.7 Å². The van der Waals surface area contributed by atoms with Crippen molar-refractivity contribution in [1.82, 2.24) is 0 Å². The number of carbonyl (C=O) groups excluding carboxylic acids is 1. The van der Waals surface area contributed by atoms with Crippen molar-refractivity contribution in [3.05, 3.63) is 59.1 Å². The number of carbonyl (C=O) groups is 1. The third kappa shape index (κ3) is 6.22.